The van der Waals surface area contributed by atoms with Gasteiger partial charge in [-0.05, 0) is 87.3 Å². The highest BCUT2D eigenvalue weighted by Crippen LogP contribution is 2.41. The first kappa shape index (κ1) is 36.4. The van der Waals surface area contributed by atoms with Crippen molar-refractivity contribution in [2.24, 2.45) is 11.8 Å². The monoisotopic (exact) mass is 703 g/mol. The van der Waals surface area contributed by atoms with Crippen molar-refractivity contribution in [3.8, 4) is 17.3 Å². The average molecular weight is 704 g/mol. The summed E-state index contributed by atoms with van der Waals surface area (Å²) >= 11 is 0. The predicted octanol–water partition coefficient (Wildman–Crippen LogP) is 8.24. The summed E-state index contributed by atoms with van der Waals surface area (Å²) in [5.41, 5.74) is -1.66. The van der Waals surface area contributed by atoms with Gasteiger partial charge in [0, 0.05) is 25.1 Å². The van der Waals surface area contributed by atoms with Gasteiger partial charge in [-0.25, -0.2) is 14.8 Å². The van der Waals surface area contributed by atoms with Gasteiger partial charge in [0.25, 0.3) is 0 Å². The zero-order valence-corrected chi connectivity index (χ0v) is 27.3. The minimum atomic E-state index is -5.07. The smallest absolute Gasteiger partial charge is 0.416 e. The molecule has 1 amide bonds. The predicted molar refractivity (Wildman–Crippen MR) is 168 cm³/mol. The maximum atomic E-state index is 13.6. The average Bonchev–Trinajstić information content (AvgIpc) is 3.35. The van der Waals surface area contributed by atoms with Gasteiger partial charge < -0.3 is 14.7 Å². The minimum absolute atomic E-state index is 0.0250. The molecule has 1 N–H and O–H groups in total. The fourth-order valence-electron chi connectivity index (χ4n) is 6.65. The Morgan fingerprint density at radius 3 is 2.16 bits per heavy atom. The van der Waals surface area contributed by atoms with Gasteiger partial charge in [0.05, 0.1) is 47.2 Å². The lowest BCUT2D eigenvalue weighted by Gasteiger charge is -2.33. The fraction of sp³-hybridized carbons (Fsp3) is 0.457. The van der Waals surface area contributed by atoms with Crippen LogP contribution in [0.15, 0.2) is 48.7 Å². The molecule has 3 aromatic rings. The number of carboxylic acid groups (broad SMARTS) is 1. The third-order valence-electron chi connectivity index (χ3n) is 9.37. The number of carbonyl (C=O) groups excluding carboxylic acids is 1. The van der Waals surface area contributed by atoms with E-state index < -0.39 is 53.3 Å². The number of anilines is 1. The van der Waals surface area contributed by atoms with Crippen LogP contribution in [0.5, 0.6) is 0 Å². The Kier molecular flexibility index (Phi) is 10.6. The number of hydrogen-bond acceptors (Lipinski definition) is 7. The molecule has 2 heterocycles. The highest BCUT2D eigenvalue weighted by molar-refractivity contribution is 5.72. The van der Waals surface area contributed by atoms with Crippen molar-refractivity contribution in [1.29, 1.82) is 5.26 Å². The number of carboxylic acids is 1. The number of cyclic esters (lactones) is 1. The van der Waals surface area contributed by atoms with Gasteiger partial charge in [-0.3, -0.25) is 9.69 Å². The van der Waals surface area contributed by atoms with Crippen molar-refractivity contribution in [2.45, 2.75) is 77.0 Å². The summed E-state index contributed by atoms with van der Waals surface area (Å²) in [4.78, 5) is 37.2. The summed E-state index contributed by atoms with van der Waals surface area (Å²) < 4.78 is 87.2. The molecule has 0 bridgehead atoms. The molecule has 2 aromatic carbocycles. The van der Waals surface area contributed by atoms with E-state index in [9.17, 15) is 46.3 Å². The molecule has 1 saturated heterocycles. The van der Waals surface area contributed by atoms with Gasteiger partial charge >= 0.3 is 24.4 Å². The second kappa shape index (κ2) is 14.5. The Morgan fingerprint density at radius 2 is 1.62 bits per heavy atom. The van der Waals surface area contributed by atoms with Gasteiger partial charge in [0.15, 0.2) is 5.82 Å². The number of nitriles is 1. The van der Waals surface area contributed by atoms with Gasteiger partial charge in [-0.1, -0.05) is 12.1 Å². The minimum Gasteiger partial charge on any atom is -0.481 e. The van der Waals surface area contributed by atoms with Crippen LogP contribution in [0.3, 0.4) is 0 Å². The third-order valence-corrected chi connectivity index (χ3v) is 9.37. The molecule has 0 spiro atoms. The van der Waals surface area contributed by atoms with Crippen LogP contribution in [0.4, 0.5) is 37.0 Å². The molecule has 266 valence electrons. The first-order chi connectivity index (χ1) is 23.6. The SMILES string of the molecule is CCN(CC1CCC(CC(=O)O)CC1)c1ncc(-c2ccc(C#N)cc2)nc1CN1C(=O)O[C@H](c2cc(C(F)(F)F)cc(C(F)(F)F)c2)[C@@H]1C. The maximum absolute atomic E-state index is 13.6. The topological polar surface area (TPSA) is 120 Å². The Morgan fingerprint density at radius 1 is 1.02 bits per heavy atom. The van der Waals surface area contributed by atoms with Crippen molar-refractivity contribution in [3.63, 3.8) is 0 Å². The van der Waals surface area contributed by atoms with Crippen molar-refractivity contribution >= 4 is 17.9 Å². The summed E-state index contributed by atoms with van der Waals surface area (Å²) in [7, 11) is 0. The van der Waals surface area contributed by atoms with Gasteiger partial charge in [-0.15, -0.1) is 0 Å². The molecule has 0 radical (unpaired) electrons. The lowest BCUT2D eigenvalue weighted by Crippen LogP contribution is -2.36. The number of rotatable bonds is 10. The lowest BCUT2D eigenvalue weighted by molar-refractivity contribution is -0.143. The Balaban J connectivity index is 1.47. The third kappa shape index (κ3) is 8.28. The molecular weight excluding hydrogens is 668 g/mol. The Labute approximate surface area is 284 Å². The highest BCUT2D eigenvalue weighted by Gasteiger charge is 2.44. The van der Waals surface area contributed by atoms with Crippen molar-refractivity contribution in [1.82, 2.24) is 14.9 Å². The number of halogens is 6. The Bertz CT molecular complexity index is 1720. The van der Waals surface area contributed by atoms with Crippen molar-refractivity contribution in [3.05, 3.63) is 76.6 Å². The highest BCUT2D eigenvalue weighted by atomic mass is 19.4. The molecule has 50 heavy (non-hydrogen) atoms. The molecule has 2 fully saturated rings. The van der Waals surface area contributed by atoms with Crippen LogP contribution in [0.25, 0.3) is 11.3 Å². The molecule has 5 rings (SSSR count). The van der Waals surface area contributed by atoms with Gasteiger partial charge in [-0.2, -0.15) is 31.6 Å². The largest absolute Gasteiger partial charge is 0.481 e. The van der Waals surface area contributed by atoms with Crippen LogP contribution < -0.4 is 4.90 Å². The van der Waals surface area contributed by atoms with E-state index in [1.165, 1.54) is 11.8 Å². The molecule has 1 aliphatic heterocycles. The van der Waals surface area contributed by atoms with Crippen LogP contribution in [-0.4, -0.2) is 51.2 Å². The normalized spacial score (nSPS) is 21.1. The standard InChI is InChI=1S/C35H35F6N5O4/c1-3-45(18-23-6-4-21(5-7-23)12-30(47)48)32-29(44-28(17-43-32)24-10-8-22(16-42)9-11-24)19-46-20(2)31(50-33(46)49)25-13-26(34(36,37)38)15-27(14-25)35(39,40)41/h8-11,13-15,17,20-21,23,31H,3-7,12,18-19H2,1-2H3,(H,47,48)/t20-,21?,23?,31-/m0/s1. The fourth-order valence-corrected chi connectivity index (χ4v) is 6.65. The van der Waals surface area contributed by atoms with E-state index in [1.54, 1.807) is 30.5 Å². The summed E-state index contributed by atoms with van der Waals surface area (Å²) in [5.74, 6) is -0.0340. The van der Waals surface area contributed by atoms with Crippen molar-refractivity contribution < 1.29 is 45.8 Å². The first-order valence-electron chi connectivity index (χ1n) is 16.2. The summed E-state index contributed by atoms with van der Waals surface area (Å²) in [6.07, 6.45) is -7.67. The summed E-state index contributed by atoms with van der Waals surface area (Å²) in [6.45, 7) is 4.26. The molecule has 1 aliphatic carbocycles. The van der Waals surface area contributed by atoms with E-state index >= 15 is 0 Å². The number of carbonyl (C=O) groups is 2. The molecule has 1 aromatic heterocycles. The molecule has 1 saturated carbocycles. The van der Waals surface area contributed by atoms with Crippen LogP contribution in [-0.2, 0) is 28.4 Å². The number of alkyl halides is 6. The van der Waals surface area contributed by atoms with E-state index in [1.807, 2.05) is 17.9 Å². The van der Waals surface area contributed by atoms with Crippen LogP contribution in [0.1, 0.15) is 80.0 Å². The van der Waals surface area contributed by atoms with Crippen LogP contribution in [0.2, 0.25) is 0 Å². The van der Waals surface area contributed by atoms with Crippen LogP contribution >= 0.6 is 0 Å². The lowest BCUT2D eigenvalue weighted by atomic mass is 9.80. The van der Waals surface area contributed by atoms with E-state index in [2.05, 4.69) is 0 Å². The number of aromatic nitrogens is 2. The maximum Gasteiger partial charge on any atom is 0.416 e. The second-order valence-corrected chi connectivity index (χ2v) is 12.8. The second-order valence-electron chi connectivity index (χ2n) is 12.8. The van der Waals surface area contributed by atoms with E-state index in [0.29, 0.717) is 53.6 Å². The number of benzene rings is 2. The zero-order valence-electron chi connectivity index (χ0n) is 27.3. The quantitative estimate of drug-likeness (QED) is 0.210. The zero-order chi connectivity index (χ0) is 36.4. The number of nitrogens with zero attached hydrogens (tertiary/aromatic N) is 5. The number of ether oxygens (including phenoxy) is 1. The van der Waals surface area contributed by atoms with Crippen LogP contribution in [0, 0.1) is 23.2 Å². The van der Waals surface area contributed by atoms with Gasteiger partial charge in [0.2, 0.25) is 0 Å². The first-order valence-corrected chi connectivity index (χ1v) is 16.2. The summed E-state index contributed by atoms with van der Waals surface area (Å²) in [5, 5.41) is 18.4. The molecule has 2 aliphatic rings. The molecule has 0 unspecified atom stereocenters. The number of hydrogen-bond donors (Lipinski definition) is 1. The Hall–Kier alpha value is -4.87. The van der Waals surface area contributed by atoms with Crippen molar-refractivity contribution in [2.75, 3.05) is 18.0 Å². The molecule has 9 nitrogen and oxygen atoms in total. The molecular formula is C35H35F6N5O4. The van der Waals surface area contributed by atoms with E-state index in [-0.39, 0.29) is 30.9 Å². The molecule has 15 heteroatoms. The van der Waals surface area contributed by atoms with E-state index in [0.717, 1.165) is 25.7 Å². The summed E-state index contributed by atoms with van der Waals surface area (Å²) in [6, 6.07) is 8.80. The van der Waals surface area contributed by atoms with E-state index in [4.69, 9.17) is 14.7 Å². The molecule has 2 atom stereocenters. The van der Waals surface area contributed by atoms with Gasteiger partial charge in [0.1, 0.15) is 11.8 Å². The number of aliphatic carboxylic acids is 1. The number of amides is 1.